The van der Waals surface area contributed by atoms with E-state index in [1.807, 2.05) is 49.1 Å². The number of H-pyrrole nitrogens is 1. The minimum Gasteiger partial charge on any atom is -0.377 e. The second-order valence-electron chi connectivity index (χ2n) is 6.25. The van der Waals surface area contributed by atoms with E-state index in [9.17, 15) is 9.59 Å². The number of rotatable bonds is 3. The molecule has 5 nitrogen and oxygen atoms in total. The number of benzene rings is 1. The molecule has 2 unspecified atom stereocenters. The van der Waals surface area contributed by atoms with Crippen LogP contribution in [0.3, 0.4) is 0 Å². The third-order valence-electron chi connectivity index (χ3n) is 4.39. The molecule has 1 fully saturated rings. The number of aromatic nitrogens is 1. The number of fused-ring (bicyclic) bond motifs is 1. The highest BCUT2D eigenvalue weighted by Crippen LogP contribution is 2.16. The highest BCUT2D eigenvalue weighted by molar-refractivity contribution is 5.79. The SMILES string of the molecule is CC1COCC(C)N1C(=O)CCc1cc2ccccc2[nH]c1=O. The van der Waals surface area contributed by atoms with Crippen molar-refractivity contribution in [1.29, 1.82) is 0 Å². The van der Waals surface area contributed by atoms with Crippen LogP contribution in [0.15, 0.2) is 35.1 Å². The highest BCUT2D eigenvalue weighted by atomic mass is 16.5. The third-order valence-corrected chi connectivity index (χ3v) is 4.39. The lowest BCUT2D eigenvalue weighted by atomic mass is 10.1. The lowest BCUT2D eigenvalue weighted by molar-refractivity contribution is -0.144. The summed E-state index contributed by atoms with van der Waals surface area (Å²) < 4.78 is 5.46. The van der Waals surface area contributed by atoms with Crippen LogP contribution in [0.5, 0.6) is 0 Å². The summed E-state index contributed by atoms with van der Waals surface area (Å²) in [6.07, 6.45) is 0.798. The molecule has 1 aliphatic rings. The van der Waals surface area contributed by atoms with Crippen molar-refractivity contribution in [3.8, 4) is 0 Å². The molecule has 1 aliphatic heterocycles. The van der Waals surface area contributed by atoms with E-state index in [0.717, 1.165) is 10.9 Å². The van der Waals surface area contributed by atoms with Crippen molar-refractivity contribution in [1.82, 2.24) is 9.88 Å². The number of nitrogens with zero attached hydrogens (tertiary/aromatic N) is 1. The quantitative estimate of drug-likeness (QED) is 0.943. The zero-order valence-corrected chi connectivity index (χ0v) is 13.5. The van der Waals surface area contributed by atoms with Gasteiger partial charge in [-0.3, -0.25) is 9.59 Å². The maximum atomic E-state index is 12.5. The average Bonchev–Trinajstić information content (AvgIpc) is 2.52. The fourth-order valence-corrected chi connectivity index (χ4v) is 3.24. The molecule has 2 atom stereocenters. The number of aromatic amines is 1. The molecule has 5 heteroatoms. The van der Waals surface area contributed by atoms with E-state index in [4.69, 9.17) is 4.74 Å². The van der Waals surface area contributed by atoms with Gasteiger partial charge in [-0.2, -0.15) is 0 Å². The van der Waals surface area contributed by atoms with E-state index in [2.05, 4.69) is 4.98 Å². The van der Waals surface area contributed by atoms with E-state index in [0.29, 0.717) is 31.6 Å². The number of nitrogens with one attached hydrogen (secondary N) is 1. The predicted molar refractivity (Wildman–Crippen MR) is 89.5 cm³/mol. The molecule has 1 saturated heterocycles. The molecule has 3 rings (SSSR count). The van der Waals surface area contributed by atoms with Crippen LogP contribution in [0.25, 0.3) is 10.9 Å². The Morgan fingerprint density at radius 3 is 2.70 bits per heavy atom. The summed E-state index contributed by atoms with van der Waals surface area (Å²) in [6, 6.07) is 9.72. The van der Waals surface area contributed by atoms with Crippen molar-refractivity contribution in [2.24, 2.45) is 0 Å². The van der Waals surface area contributed by atoms with E-state index in [-0.39, 0.29) is 23.6 Å². The summed E-state index contributed by atoms with van der Waals surface area (Å²) in [5.74, 6) is 0.0841. The van der Waals surface area contributed by atoms with E-state index in [1.165, 1.54) is 0 Å². The van der Waals surface area contributed by atoms with Crippen molar-refractivity contribution in [2.45, 2.75) is 38.8 Å². The number of hydrogen-bond acceptors (Lipinski definition) is 3. The number of aryl methyl sites for hydroxylation is 1. The summed E-state index contributed by atoms with van der Waals surface area (Å²) in [7, 11) is 0. The molecule has 1 amide bonds. The molecular formula is C18H22N2O3. The molecular weight excluding hydrogens is 292 g/mol. The minimum absolute atomic E-state index is 0.0841. The van der Waals surface area contributed by atoms with Crippen molar-refractivity contribution in [3.63, 3.8) is 0 Å². The normalized spacial score (nSPS) is 21.6. The van der Waals surface area contributed by atoms with Gasteiger partial charge in [-0.1, -0.05) is 18.2 Å². The summed E-state index contributed by atoms with van der Waals surface area (Å²) in [4.78, 5) is 29.4. The number of ether oxygens (including phenoxy) is 1. The van der Waals surface area contributed by atoms with Gasteiger partial charge in [-0.05, 0) is 37.8 Å². The maximum Gasteiger partial charge on any atom is 0.251 e. The summed E-state index contributed by atoms with van der Waals surface area (Å²) in [6.45, 7) is 5.14. The van der Waals surface area contributed by atoms with Crippen molar-refractivity contribution in [3.05, 3.63) is 46.2 Å². The molecule has 0 aliphatic carbocycles. The van der Waals surface area contributed by atoms with E-state index in [1.54, 1.807) is 0 Å². The predicted octanol–water partition coefficient (Wildman–Crippen LogP) is 2.10. The van der Waals surface area contributed by atoms with Gasteiger partial charge in [-0.15, -0.1) is 0 Å². The van der Waals surface area contributed by atoms with Gasteiger partial charge in [-0.25, -0.2) is 0 Å². The summed E-state index contributed by atoms with van der Waals surface area (Å²) in [5.41, 5.74) is 1.37. The first-order valence-corrected chi connectivity index (χ1v) is 8.06. The molecule has 0 bridgehead atoms. The van der Waals surface area contributed by atoms with E-state index >= 15 is 0 Å². The maximum absolute atomic E-state index is 12.5. The molecule has 0 saturated carbocycles. The average molecular weight is 314 g/mol. The largest absolute Gasteiger partial charge is 0.377 e. The molecule has 2 aromatic rings. The van der Waals surface area contributed by atoms with Crippen molar-refractivity contribution in [2.75, 3.05) is 13.2 Å². The molecule has 0 radical (unpaired) electrons. The van der Waals surface area contributed by atoms with E-state index < -0.39 is 0 Å². The van der Waals surface area contributed by atoms with Crippen molar-refractivity contribution >= 4 is 16.8 Å². The molecule has 0 spiro atoms. The first kappa shape index (κ1) is 15.7. The van der Waals surface area contributed by atoms with Crippen LogP contribution in [-0.2, 0) is 16.0 Å². The number of pyridine rings is 1. The minimum atomic E-state index is -0.112. The Balaban J connectivity index is 1.74. The first-order valence-electron chi connectivity index (χ1n) is 8.06. The highest BCUT2D eigenvalue weighted by Gasteiger charge is 2.29. The Kier molecular flexibility index (Phi) is 4.48. The van der Waals surface area contributed by atoms with Gasteiger partial charge in [0.05, 0.1) is 25.3 Å². The van der Waals surface area contributed by atoms with Crippen LogP contribution in [0.2, 0.25) is 0 Å². The Hall–Kier alpha value is -2.14. The standard InChI is InChI=1S/C18H22N2O3/c1-12-10-23-11-13(2)20(12)17(21)8-7-15-9-14-5-3-4-6-16(14)19-18(15)22/h3-6,9,12-13H,7-8,10-11H2,1-2H3,(H,19,22). The molecule has 122 valence electrons. The number of morpholine rings is 1. The lowest BCUT2D eigenvalue weighted by Gasteiger charge is -2.38. The van der Waals surface area contributed by atoms with Crippen LogP contribution < -0.4 is 5.56 Å². The second kappa shape index (κ2) is 6.54. The fourth-order valence-electron chi connectivity index (χ4n) is 3.24. The van der Waals surface area contributed by atoms with Crippen LogP contribution in [-0.4, -0.2) is 41.1 Å². The van der Waals surface area contributed by atoms with Crippen LogP contribution in [0, 0.1) is 0 Å². The van der Waals surface area contributed by atoms with Gasteiger partial charge in [0.2, 0.25) is 5.91 Å². The van der Waals surface area contributed by atoms with Gasteiger partial charge in [0.15, 0.2) is 0 Å². The lowest BCUT2D eigenvalue weighted by Crippen LogP contribution is -2.52. The Morgan fingerprint density at radius 2 is 1.96 bits per heavy atom. The second-order valence-corrected chi connectivity index (χ2v) is 6.25. The van der Waals surface area contributed by atoms with Crippen LogP contribution in [0.4, 0.5) is 0 Å². The first-order chi connectivity index (χ1) is 11.1. The number of hydrogen-bond donors (Lipinski definition) is 1. The molecule has 1 aromatic heterocycles. The molecule has 1 aromatic carbocycles. The number of para-hydroxylation sites is 1. The zero-order chi connectivity index (χ0) is 16.4. The topological polar surface area (TPSA) is 62.4 Å². The smallest absolute Gasteiger partial charge is 0.251 e. The van der Waals surface area contributed by atoms with Gasteiger partial charge >= 0.3 is 0 Å². The van der Waals surface area contributed by atoms with Gasteiger partial charge in [0.1, 0.15) is 0 Å². The van der Waals surface area contributed by atoms with Crippen molar-refractivity contribution < 1.29 is 9.53 Å². The van der Waals surface area contributed by atoms with Crippen LogP contribution in [0.1, 0.15) is 25.8 Å². The number of carbonyl (C=O) groups is 1. The zero-order valence-electron chi connectivity index (χ0n) is 13.5. The molecule has 23 heavy (non-hydrogen) atoms. The Bertz CT molecular complexity index is 758. The van der Waals surface area contributed by atoms with Crippen LogP contribution >= 0.6 is 0 Å². The third kappa shape index (κ3) is 3.29. The van der Waals surface area contributed by atoms with Gasteiger partial charge in [0, 0.05) is 17.5 Å². The monoisotopic (exact) mass is 314 g/mol. The Morgan fingerprint density at radius 1 is 1.26 bits per heavy atom. The molecule has 2 heterocycles. The number of amides is 1. The van der Waals surface area contributed by atoms with Gasteiger partial charge < -0.3 is 14.6 Å². The fraction of sp³-hybridized carbons (Fsp3) is 0.444. The Labute approximate surface area is 135 Å². The summed E-state index contributed by atoms with van der Waals surface area (Å²) >= 11 is 0. The number of carbonyl (C=O) groups excluding carboxylic acids is 1. The van der Waals surface area contributed by atoms with Gasteiger partial charge in [0.25, 0.3) is 5.56 Å². The summed E-state index contributed by atoms with van der Waals surface area (Å²) in [5, 5.41) is 0.989. The molecule has 1 N–H and O–H groups in total.